The van der Waals surface area contributed by atoms with Gasteiger partial charge < -0.3 is 20.3 Å². The van der Waals surface area contributed by atoms with Gasteiger partial charge in [0.15, 0.2) is 5.78 Å². The van der Waals surface area contributed by atoms with E-state index in [-0.39, 0.29) is 47.4 Å². The Morgan fingerprint density at radius 1 is 1.05 bits per heavy atom. The van der Waals surface area contributed by atoms with Crippen molar-refractivity contribution in [3.63, 3.8) is 0 Å². The van der Waals surface area contributed by atoms with Gasteiger partial charge in [0.1, 0.15) is 12.1 Å². The van der Waals surface area contributed by atoms with E-state index in [0.717, 1.165) is 32.1 Å². The molecule has 1 aliphatic heterocycles. The van der Waals surface area contributed by atoms with Gasteiger partial charge in [0.05, 0.1) is 13.2 Å². The van der Waals surface area contributed by atoms with Crippen LogP contribution in [-0.2, 0) is 19.1 Å². The molecule has 0 bridgehead atoms. The minimum Gasteiger partial charge on any atom is -0.379 e. The van der Waals surface area contributed by atoms with E-state index >= 15 is 0 Å². The summed E-state index contributed by atoms with van der Waals surface area (Å²) in [5, 5.41) is 6.48. The lowest BCUT2D eigenvalue weighted by Gasteiger charge is -2.37. The van der Waals surface area contributed by atoms with Gasteiger partial charge in [0.25, 0.3) is 0 Å². The third-order valence-corrected chi connectivity index (χ3v) is 7.70. The smallest absolute Gasteiger partial charge is 0.243 e. The molecule has 2 aliphatic rings. The summed E-state index contributed by atoms with van der Waals surface area (Å²) in [6, 6.07) is -0.906. The Kier molecular flexibility index (Phi) is 13.0. The van der Waals surface area contributed by atoms with E-state index < -0.39 is 12.1 Å². The fraction of sp³-hybridized carbons (Fsp3) is 0.900. The number of unbranched alkanes of at least 4 members (excludes halogenated alkanes) is 4. The molecule has 4 atom stereocenters. The molecule has 7 nitrogen and oxygen atoms in total. The molecular formula is C30H55N3O4. The number of amides is 2. The average Bonchev–Trinajstić information content (AvgIpc) is 3.60. The van der Waals surface area contributed by atoms with Crippen molar-refractivity contribution in [2.75, 3.05) is 26.3 Å². The number of ether oxygens (including phenoxy) is 1. The lowest BCUT2D eigenvalue weighted by atomic mass is 9.81. The van der Waals surface area contributed by atoms with E-state index in [1.54, 1.807) is 4.90 Å². The van der Waals surface area contributed by atoms with Gasteiger partial charge in [-0.25, -0.2) is 0 Å². The first-order valence-corrected chi connectivity index (χ1v) is 14.9. The molecule has 214 valence electrons. The number of rotatable bonds is 17. The molecule has 1 saturated carbocycles. The van der Waals surface area contributed by atoms with E-state index in [1.807, 2.05) is 0 Å². The summed E-state index contributed by atoms with van der Waals surface area (Å²) in [6.07, 6.45) is 9.24. The molecule has 2 unspecified atom stereocenters. The van der Waals surface area contributed by atoms with E-state index in [9.17, 15) is 14.4 Å². The number of nitrogens with one attached hydrogen (secondary N) is 2. The first-order valence-electron chi connectivity index (χ1n) is 14.9. The summed E-state index contributed by atoms with van der Waals surface area (Å²) in [4.78, 5) is 40.9. The maximum atomic E-state index is 14.0. The molecule has 2 fully saturated rings. The molecule has 37 heavy (non-hydrogen) atoms. The lowest BCUT2D eigenvalue weighted by molar-refractivity contribution is -0.142. The standard InChI is InChI=1S/C30H55N3O4/c1-8-9-10-11-12-15-37-20-24(32-27(16-21(2)3)30(5,6)7)29(36)33-19-22(4)17-25(33)28(35)31-18-26(34)23-13-14-23/h21-25,27,32H,8-20H2,1-7H3,(H,31,35)/t22-,24+,25?,27?/m1/s1. The van der Waals surface area contributed by atoms with E-state index in [1.165, 1.54) is 19.3 Å². The van der Waals surface area contributed by atoms with Crippen molar-refractivity contribution in [2.24, 2.45) is 23.2 Å². The number of hydrogen-bond donors (Lipinski definition) is 2. The Labute approximate surface area is 226 Å². The number of nitrogens with zero attached hydrogens (tertiary/aromatic N) is 1. The second kappa shape index (κ2) is 15.2. The summed E-state index contributed by atoms with van der Waals surface area (Å²) >= 11 is 0. The van der Waals surface area contributed by atoms with Crippen molar-refractivity contribution < 1.29 is 19.1 Å². The Morgan fingerprint density at radius 3 is 2.32 bits per heavy atom. The van der Waals surface area contributed by atoms with Gasteiger partial charge in [0.2, 0.25) is 11.8 Å². The number of carbonyl (C=O) groups excluding carboxylic acids is 3. The zero-order chi connectivity index (χ0) is 27.6. The zero-order valence-electron chi connectivity index (χ0n) is 24.7. The van der Waals surface area contributed by atoms with Crippen LogP contribution in [0.25, 0.3) is 0 Å². The molecule has 2 N–H and O–H groups in total. The minimum absolute atomic E-state index is 0.0266. The Bertz CT molecular complexity index is 729. The van der Waals surface area contributed by atoms with Crippen LogP contribution >= 0.6 is 0 Å². The molecule has 1 saturated heterocycles. The molecule has 2 amide bonds. The minimum atomic E-state index is -0.536. The van der Waals surface area contributed by atoms with Crippen LogP contribution < -0.4 is 10.6 Å². The van der Waals surface area contributed by atoms with Crippen molar-refractivity contribution in [1.29, 1.82) is 0 Å². The number of likely N-dealkylation sites (tertiary alicyclic amines) is 1. The normalized spacial score (nSPS) is 21.8. The Hall–Kier alpha value is -1.47. The van der Waals surface area contributed by atoms with E-state index in [4.69, 9.17) is 4.74 Å². The molecule has 0 radical (unpaired) electrons. The molecule has 0 aromatic heterocycles. The van der Waals surface area contributed by atoms with Gasteiger partial charge in [-0.3, -0.25) is 14.4 Å². The summed E-state index contributed by atoms with van der Waals surface area (Å²) in [5.41, 5.74) is -0.0266. The fourth-order valence-electron chi connectivity index (χ4n) is 5.17. The van der Waals surface area contributed by atoms with Gasteiger partial charge in [-0.15, -0.1) is 0 Å². The van der Waals surface area contributed by atoms with Crippen molar-refractivity contribution in [3.05, 3.63) is 0 Å². The SMILES string of the molecule is CCCCCCCOC[C@H](NC(CC(C)C)C(C)(C)C)C(=O)N1C[C@H](C)CC1C(=O)NCC(=O)C1CC1. The lowest BCUT2D eigenvalue weighted by Crippen LogP contribution is -2.58. The summed E-state index contributed by atoms with van der Waals surface area (Å²) < 4.78 is 6.05. The highest BCUT2D eigenvalue weighted by Gasteiger charge is 2.42. The first kappa shape index (κ1) is 31.7. The fourth-order valence-corrected chi connectivity index (χ4v) is 5.17. The molecule has 2 rings (SSSR count). The van der Waals surface area contributed by atoms with Crippen molar-refractivity contribution in [1.82, 2.24) is 15.5 Å². The highest BCUT2D eigenvalue weighted by molar-refractivity contribution is 5.93. The van der Waals surface area contributed by atoms with Crippen LogP contribution in [0.5, 0.6) is 0 Å². The van der Waals surface area contributed by atoms with Crippen LogP contribution in [0.1, 0.15) is 106 Å². The second-order valence-electron chi connectivity index (χ2n) is 13.1. The molecule has 1 heterocycles. The van der Waals surface area contributed by atoms with Gasteiger partial charge in [-0.05, 0) is 49.4 Å². The van der Waals surface area contributed by atoms with Crippen LogP contribution in [0.2, 0.25) is 0 Å². The van der Waals surface area contributed by atoms with Crippen LogP contribution in [0, 0.1) is 23.2 Å². The molecule has 0 aromatic rings. The highest BCUT2D eigenvalue weighted by atomic mass is 16.5. The third kappa shape index (κ3) is 11.0. The highest BCUT2D eigenvalue weighted by Crippen LogP contribution is 2.30. The van der Waals surface area contributed by atoms with Crippen LogP contribution in [0.4, 0.5) is 0 Å². The van der Waals surface area contributed by atoms with Gasteiger partial charge >= 0.3 is 0 Å². The second-order valence-corrected chi connectivity index (χ2v) is 13.1. The van der Waals surface area contributed by atoms with Gasteiger partial charge in [0, 0.05) is 25.1 Å². The number of carbonyl (C=O) groups is 3. The van der Waals surface area contributed by atoms with Crippen molar-refractivity contribution >= 4 is 17.6 Å². The maximum absolute atomic E-state index is 14.0. The summed E-state index contributed by atoms with van der Waals surface area (Å²) in [6.45, 7) is 16.9. The summed E-state index contributed by atoms with van der Waals surface area (Å²) in [5.74, 6) is 0.655. The third-order valence-electron chi connectivity index (χ3n) is 7.70. The predicted molar refractivity (Wildman–Crippen MR) is 149 cm³/mol. The maximum Gasteiger partial charge on any atom is 0.243 e. The first-order chi connectivity index (χ1) is 17.4. The Balaban J connectivity index is 2.08. The number of Topliss-reactive ketones (excluding diaryl/α,β-unsaturated/α-hetero) is 1. The molecule has 7 heteroatoms. The Morgan fingerprint density at radius 2 is 1.73 bits per heavy atom. The average molecular weight is 522 g/mol. The molecule has 0 aromatic carbocycles. The van der Waals surface area contributed by atoms with Gasteiger partial charge in [-0.2, -0.15) is 0 Å². The van der Waals surface area contributed by atoms with Crippen LogP contribution in [0.15, 0.2) is 0 Å². The van der Waals surface area contributed by atoms with Crippen molar-refractivity contribution in [2.45, 2.75) is 124 Å². The van der Waals surface area contributed by atoms with Crippen LogP contribution in [0.3, 0.4) is 0 Å². The zero-order valence-corrected chi connectivity index (χ0v) is 24.7. The topological polar surface area (TPSA) is 87.7 Å². The van der Waals surface area contributed by atoms with Crippen molar-refractivity contribution in [3.8, 4) is 0 Å². The quantitative estimate of drug-likeness (QED) is 0.270. The van der Waals surface area contributed by atoms with E-state index in [2.05, 4.69) is 59.1 Å². The number of hydrogen-bond acceptors (Lipinski definition) is 5. The summed E-state index contributed by atoms with van der Waals surface area (Å²) in [7, 11) is 0. The molecular weight excluding hydrogens is 466 g/mol. The molecule has 0 spiro atoms. The molecule has 1 aliphatic carbocycles. The van der Waals surface area contributed by atoms with E-state index in [0.29, 0.717) is 32.1 Å². The predicted octanol–water partition coefficient (Wildman–Crippen LogP) is 4.72. The number of ketones is 1. The largest absolute Gasteiger partial charge is 0.379 e. The monoisotopic (exact) mass is 521 g/mol. The van der Waals surface area contributed by atoms with Gasteiger partial charge in [-0.1, -0.05) is 74.1 Å². The van der Waals surface area contributed by atoms with Crippen LogP contribution in [-0.4, -0.2) is 66.9 Å².